The number of aliphatic carboxylic acids is 2. The van der Waals surface area contributed by atoms with E-state index in [-0.39, 0.29) is 12.8 Å². The number of carbonyl (C=O) groups is 2. The summed E-state index contributed by atoms with van der Waals surface area (Å²) in [5.74, 6) is 3.88. The molecule has 10 heteroatoms. The topological polar surface area (TPSA) is 115 Å². The van der Waals surface area contributed by atoms with Gasteiger partial charge in [0.15, 0.2) is 0 Å². The van der Waals surface area contributed by atoms with Crippen LogP contribution >= 0.6 is 47.0 Å². The molecule has 0 aliphatic rings. The molecular formula is C14H26O6S4. The molecule has 0 fully saturated rings. The maximum absolute atomic E-state index is 10.3. The normalized spacial score (nSPS) is 13.6. The fourth-order valence-electron chi connectivity index (χ4n) is 1.39. The summed E-state index contributed by atoms with van der Waals surface area (Å²) in [7, 11) is 0. The SMILES string of the molecule is O=C(O)CCSCCSCC(O)C(O)CSCCSCCC(=O)O. The van der Waals surface area contributed by atoms with E-state index in [4.69, 9.17) is 10.2 Å². The van der Waals surface area contributed by atoms with Crippen LogP contribution in [-0.4, -0.2) is 90.6 Å². The van der Waals surface area contributed by atoms with Gasteiger partial charge in [-0.15, -0.1) is 0 Å². The monoisotopic (exact) mass is 418 g/mol. The van der Waals surface area contributed by atoms with Gasteiger partial charge in [0, 0.05) is 46.0 Å². The highest BCUT2D eigenvalue weighted by Crippen LogP contribution is 2.14. The highest BCUT2D eigenvalue weighted by molar-refractivity contribution is 8.03. The van der Waals surface area contributed by atoms with Crippen LogP contribution in [0.5, 0.6) is 0 Å². The van der Waals surface area contributed by atoms with Crippen LogP contribution in [0.4, 0.5) is 0 Å². The van der Waals surface area contributed by atoms with E-state index >= 15 is 0 Å². The lowest BCUT2D eigenvalue weighted by Crippen LogP contribution is -2.30. The van der Waals surface area contributed by atoms with Gasteiger partial charge < -0.3 is 20.4 Å². The van der Waals surface area contributed by atoms with Crippen LogP contribution in [-0.2, 0) is 9.59 Å². The zero-order chi connectivity index (χ0) is 18.2. The molecule has 0 saturated carbocycles. The predicted octanol–water partition coefficient (Wildman–Crippen LogP) is 1.59. The van der Waals surface area contributed by atoms with Gasteiger partial charge in [-0.3, -0.25) is 9.59 Å². The second-order valence-electron chi connectivity index (χ2n) is 4.80. The van der Waals surface area contributed by atoms with E-state index in [1.165, 1.54) is 0 Å². The van der Waals surface area contributed by atoms with Crippen LogP contribution < -0.4 is 0 Å². The van der Waals surface area contributed by atoms with E-state index < -0.39 is 24.1 Å². The van der Waals surface area contributed by atoms with E-state index in [0.29, 0.717) is 23.0 Å². The Morgan fingerprint density at radius 3 is 1.29 bits per heavy atom. The molecule has 0 amide bonds. The predicted molar refractivity (Wildman–Crippen MR) is 106 cm³/mol. The minimum absolute atomic E-state index is 0.169. The van der Waals surface area contributed by atoms with Gasteiger partial charge in [-0.05, 0) is 0 Å². The summed E-state index contributed by atoms with van der Waals surface area (Å²) in [6, 6.07) is 0. The molecule has 0 saturated heterocycles. The van der Waals surface area contributed by atoms with Crippen LogP contribution in [0.1, 0.15) is 12.8 Å². The lowest BCUT2D eigenvalue weighted by atomic mass is 10.3. The van der Waals surface area contributed by atoms with E-state index in [9.17, 15) is 19.8 Å². The first-order valence-corrected chi connectivity index (χ1v) is 12.2. The first-order valence-electron chi connectivity index (χ1n) is 7.54. The van der Waals surface area contributed by atoms with E-state index in [2.05, 4.69) is 0 Å². The Kier molecular flexibility index (Phi) is 16.9. The molecule has 0 radical (unpaired) electrons. The van der Waals surface area contributed by atoms with Gasteiger partial charge in [0.1, 0.15) is 0 Å². The van der Waals surface area contributed by atoms with Crippen molar-refractivity contribution in [1.29, 1.82) is 0 Å². The molecule has 4 N–H and O–H groups in total. The Balaban J connectivity index is 3.41. The van der Waals surface area contributed by atoms with Crippen molar-refractivity contribution >= 4 is 59.0 Å². The quantitative estimate of drug-likeness (QED) is 0.260. The van der Waals surface area contributed by atoms with Gasteiger partial charge in [0.05, 0.1) is 25.0 Å². The first-order chi connectivity index (χ1) is 11.4. The largest absolute Gasteiger partial charge is 0.481 e. The lowest BCUT2D eigenvalue weighted by Gasteiger charge is -2.17. The molecule has 0 spiro atoms. The van der Waals surface area contributed by atoms with Crippen molar-refractivity contribution in [3.63, 3.8) is 0 Å². The van der Waals surface area contributed by atoms with Gasteiger partial charge in [-0.1, -0.05) is 0 Å². The Hall–Kier alpha value is 0.260. The second-order valence-corrected chi connectivity index (χ2v) is 9.55. The summed E-state index contributed by atoms with van der Waals surface area (Å²) in [5.41, 5.74) is 0. The molecule has 2 unspecified atom stereocenters. The van der Waals surface area contributed by atoms with Crippen LogP contribution in [0.15, 0.2) is 0 Å². The minimum atomic E-state index is -0.786. The van der Waals surface area contributed by atoms with Crippen LogP contribution in [0.25, 0.3) is 0 Å². The van der Waals surface area contributed by atoms with Crippen molar-refractivity contribution in [2.45, 2.75) is 25.0 Å². The average molecular weight is 419 g/mol. The molecule has 0 heterocycles. The van der Waals surface area contributed by atoms with E-state index in [0.717, 1.165) is 23.0 Å². The smallest absolute Gasteiger partial charge is 0.304 e. The van der Waals surface area contributed by atoms with Crippen LogP contribution in [0.3, 0.4) is 0 Å². The van der Waals surface area contributed by atoms with Crippen molar-refractivity contribution in [3.05, 3.63) is 0 Å². The van der Waals surface area contributed by atoms with E-state index in [1.54, 1.807) is 47.0 Å². The van der Waals surface area contributed by atoms with Crippen molar-refractivity contribution in [2.75, 3.05) is 46.0 Å². The summed E-state index contributed by atoms with van der Waals surface area (Å²) in [5, 5.41) is 36.7. The van der Waals surface area contributed by atoms with Gasteiger partial charge in [-0.25, -0.2) is 0 Å². The van der Waals surface area contributed by atoms with Crippen molar-refractivity contribution in [1.82, 2.24) is 0 Å². The number of hydrogen-bond donors (Lipinski definition) is 4. The maximum atomic E-state index is 10.3. The molecule has 0 rings (SSSR count). The fraction of sp³-hybridized carbons (Fsp3) is 0.857. The molecule has 0 aromatic heterocycles. The first kappa shape index (κ1) is 24.3. The summed E-state index contributed by atoms with van der Waals surface area (Å²) < 4.78 is 0. The summed E-state index contributed by atoms with van der Waals surface area (Å²) in [6.45, 7) is 0. The number of rotatable bonds is 17. The summed E-state index contributed by atoms with van der Waals surface area (Å²) >= 11 is 6.26. The molecule has 24 heavy (non-hydrogen) atoms. The molecule has 0 aliphatic carbocycles. The molecule has 2 atom stereocenters. The third-order valence-corrected chi connectivity index (χ3v) is 7.31. The number of thioether (sulfide) groups is 4. The van der Waals surface area contributed by atoms with Crippen molar-refractivity contribution in [2.24, 2.45) is 0 Å². The second kappa shape index (κ2) is 16.7. The molecule has 0 aromatic carbocycles. The maximum Gasteiger partial charge on any atom is 0.304 e. The number of aliphatic hydroxyl groups excluding tert-OH is 2. The average Bonchev–Trinajstić information content (AvgIpc) is 2.51. The molecule has 0 bridgehead atoms. The third-order valence-electron chi connectivity index (χ3n) is 2.69. The summed E-state index contributed by atoms with van der Waals surface area (Å²) in [6.07, 6.45) is -1.18. The van der Waals surface area contributed by atoms with Gasteiger partial charge in [0.2, 0.25) is 0 Å². The number of hydrogen-bond acceptors (Lipinski definition) is 8. The van der Waals surface area contributed by atoms with E-state index in [1.807, 2.05) is 0 Å². The molecule has 0 aromatic rings. The number of carboxylic acid groups (broad SMARTS) is 2. The fourth-order valence-corrected chi connectivity index (χ4v) is 5.58. The van der Waals surface area contributed by atoms with Crippen molar-refractivity contribution < 1.29 is 30.0 Å². The molecule has 142 valence electrons. The van der Waals surface area contributed by atoms with Crippen molar-refractivity contribution in [3.8, 4) is 0 Å². The zero-order valence-corrected chi connectivity index (χ0v) is 16.7. The zero-order valence-electron chi connectivity index (χ0n) is 13.5. The lowest BCUT2D eigenvalue weighted by molar-refractivity contribution is -0.137. The summed E-state index contributed by atoms with van der Waals surface area (Å²) in [4.78, 5) is 20.7. The van der Waals surface area contributed by atoms with Crippen LogP contribution in [0.2, 0.25) is 0 Å². The van der Waals surface area contributed by atoms with Gasteiger partial charge in [-0.2, -0.15) is 47.0 Å². The standard InChI is InChI=1S/C14H26O6S4/c15-11(9-23-7-5-21-3-1-13(17)18)12(16)10-24-8-6-22-4-2-14(19)20/h11-12,15-16H,1-10H2,(H,17,18)(H,19,20). The minimum Gasteiger partial charge on any atom is -0.481 e. The molecule has 6 nitrogen and oxygen atoms in total. The molecule has 0 aliphatic heterocycles. The Morgan fingerprint density at radius 2 is 0.958 bits per heavy atom. The number of carboxylic acids is 2. The third kappa shape index (κ3) is 17.1. The highest BCUT2D eigenvalue weighted by atomic mass is 32.2. The Morgan fingerprint density at radius 1 is 0.625 bits per heavy atom. The Bertz CT molecular complexity index is 313. The molecular weight excluding hydrogens is 392 g/mol. The highest BCUT2D eigenvalue weighted by Gasteiger charge is 2.15. The number of aliphatic hydroxyl groups is 2. The Labute approximate surface area is 159 Å². The van der Waals surface area contributed by atoms with Gasteiger partial charge in [0.25, 0.3) is 0 Å². The van der Waals surface area contributed by atoms with Crippen LogP contribution in [0, 0.1) is 0 Å². The van der Waals surface area contributed by atoms with Gasteiger partial charge >= 0.3 is 11.9 Å².